The van der Waals surface area contributed by atoms with Crippen molar-refractivity contribution in [1.29, 1.82) is 0 Å². The second-order valence-electron chi connectivity index (χ2n) is 12.2. The van der Waals surface area contributed by atoms with Crippen molar-refractivity contribution in [3.63, 3.8) is 0 Å². The Morgan fingerprint density at radius 3 is 1.95 bits per heavy atom. The normalized spacial score (nSPS) is 12.6. The maximum atomic E-state index is 13.1. The lowest BCUT2D eigenvalue weighted by molar-refractivity contribution is -0.142. The van der Waals surface area contributed by atoms with Crippen LogP contribution in [-0.4, -0.2) is 53.4 Å². The lowest BCUT2D eigenvalue weighted by Gasteiger charge is -2.24. The predicted molar refractivity (Wildman–Crippen MR) is 173 cm³/mol. The Morgan fingerprint density at radius 2 is 1.36 bits per heavy atom. The molecule has 0 aromatic heterocycles. The number of carboxylic acids is 1. The van der Waals surface area contributed by atoms with Gasteiger partial charge < -0.3 is 30.5 Å². The van der Waals surface area contributed by atoms with E-state index in [1.807, 2.05) is 0 Å². The number of hydrogen-bond acceptors (Lipinski definition) is 6. The number of ether oxygens (including phenoxy) is 2. The molecule has 0 heterocycles. The fraction of sp³-hybridized carbons (Fsp3) is 0.697. The minimum Gasteiger partial charge on any atom is -0.480 e. The molecule has 0 radical (unpaired) electrons. The van der Waals surface area contributed by atoms with Crippen LogP contribution in [0.4, 0.5) is 9.59 Å². The molecule has 10 nitrogen and oxygen atoms in total. The van der Waals surface area contributed by atoms with E-state index in [2.05, 4.69) is 22.9 Å². The molecule has 0 aliphatic carbocycles. The van der Waals surface area contributed by atoms with Gasteiger partial charge in [-0.15, -0.1) is 0 Å². The van der Waals surface area contributed by atoms with Gasteiger partial charge in [0.1, 0.15) is 24.3 Å². The standard InChI is InChI=1S/C33H54ClN3O7/c1-5-6-7-8-9-10-11-12-13-14-22-28(30(39)40)36-29(38)27(37-32(42)44-33(2,3)4)21-17-18-23-35-31(41)43-24-25-19-15-16-20-26(25)34/h15-16,19-20,27-28H,5-14,17-18,21-24H2,1-4H3,(H,35,41)(H,36,38)(H,37,42)(H,39,40)/t27-,28+/m1/s1. The third-order valence-electron chi connectivity index (χ3n) is 6.97. The number of carbonyl (C=O) groups is 4. The van der Waals surface area contributed by atoms with E-state index in [0.29, 0.717) is 42.8 Å². The highest BCUT2D eigenvalue weighted by molar-refractivity contribution is 6.31. The second-order valence-corrected chi connectivity index (χ2v) is 12.6. The largest absolute Gasteiger partial charge is 0.480 e. The average Bonchev–Trinajstić information content (AvgIpc) is 2.95. The first-order valence-corrected chi connectivity index (χ1v) is 16.5. The number of hydrogen-bond donors (Lipinski definition) is 4. The van der Waals surface area contributed by atoms with Gasteiger partial charge >= 0.3 is 18.2 Å². The van der Waals surface area contributed by atoms with E-state index in [9.17, 15) is 24.3 Å². The molecular weight excluding hydrogens is 586 g/mol. The summed E-state index contributed by atoms with van der Waals surface area (Å²) < 4.78 is 10.5. The second kappa shape index (κ2) is 22.5. The fourth-order valence-corrected chi connectivity index (χ4v) is 4.75. The molecule has 44 heavy (non-hydrogen) atoms. The Balaban J connectivity index is 2.52. The average molecular weight is 640 g/mol. The van der Waals surface area contributed by atoms with Gasteiger partial charge in [-0.1, -0.05) is 101 Å². The van der Waals surface area contributed by atoms with Crippen molar-refractivity contribution < 1.29 is 33.8 Å². The van der Waals surface area contributed by atoms with E-state index in [-0.39, 0.29) is 13.0 Å². The highest BCUT2D eigenvalue weighted by atomic mass is 35.5. The van der Waals surface area contributed by atoms with Crippen molar-refractivity contribution in [3.05, 3.63) is 34.9 Å². The first-order chi connectivity index (χ1) is 20.9. The van der Waals surface area contributed by atoms with Crippen LogP contribution in [0.2, 0.25) is 5.02 Å². The number of nitrogens with one attached hydrogen (secondary N) is 3. The van der Waals surface area contributed by atoms with Crippen LogP contribution in [0, 0.1) is 0 Å². The molecule has 0 unspecified atom stereocenters. The van der Waals surface area contributed by atoms with Gasteiger partial charge in [0.05, 0.1) is 0 Å². The van der Waals surface area contributed by atoms with Crippen molar-refractivity contribution in [2.75, 3.05) is 6.54 Å². The zero-order chi connectivity index (χ0) is 32.8. The van der Waals surface area contributed by atoms with Crippen LogP contribution in [0.25, 0.3) is 0 Å². The summed E-state index contributed by atoms with van der Waals surface area (Å²) in [5, 5.41) is 18.1. The van der Waals surface area contributed by atoms with Gasteiger partial charge in [-0.2, -0.15) is 0 Å². The number of carbonyl (C=O) groups excluding carboxylic acids is 3. The molecule has 1 aromatic carbocycles. The number of alkyl carbamates (subject to hydrolysis) is 2. The van der Waals surface area contributed by atoms with Gasteiger partial charge in [0.15, 0.2) is 0 Å². The Labute approximate surface area is 268 Å². The first kappa shape index (κ1) is 39.0. The highest BCUT2D eigenvalue weighted by Gasteiger charge is 2.28. The molecule has 1 aromatic rings. The van der Waals surface area contributed by atoms with Crippen LogP contribution < -0.4 is 16.0 Å². The molecule has 3 amide bonds. The van der Waals surface area contributed by atoms with Gasteiger partial charge in [0.2, 0.25) is 5.91 Å². The minimum absolute atomic E-state index is 0.0391. The van der Waals surface area contributed by atoms with Crippen LogP contribution in [-0.2, 0) is 25.7 Å². The van der Waals surface area contributed by atoms with E-state index in [1.54, 1.807) is 45.0 Å². The molecule has 11 heteroatoms. The Hall–Kier alpha value is -3.01. The summed E-state index contributed by atoms with van der Waals surface area (Å²) in [4.78, 5) is 49.5. The summed E-state index contributed by atoms with van der Waals surface area (Å²) in [5.74, 6) is -1.69. The third-order valence-corrected chi connectivity index (χ3v) is 7.34. The van der Waals surface area contributed by atoms with Gasteiger partial charge in [0, 0.05) is 17.1 Å². The van der Waals surface area contributed by atoms with Crippen molar-refractivity contribution in [3.8, 4) is 0 Å². The van der Waals surface area contributed by atoms with Gasteiger partial charge in [-0.05, 0) is 52.5 Å². The van der Waals surface area contributed by atoms with E-state index < -0.39 is 41.7 Å². The lowest BCUT2D eigenvalue weighted by Crippen LogP contribution is -2.52. The van der Waals surface area contributed by atoms with Crippen molar-refractivity contribution >= 4 is 35.7 Å². The SMILES string of the molecule is CCCCCCCCCCCC[C@H](NC(=O)[C@@H](CCCCNC(=O)OCc1ccccc1Cl)NC(=O)OC(C)(C)C)C(=O)O. The van der Waals surface area contributed by atoms with Crippen molar-refractivity contribution in [2.24, 2.45) is 0 Å². The van der Waals surface area contributed by atoms with E-state index in [0.717, 1.165) is 19.3 Å². The summed E-state index contributed by atoms with van der Waals surface area (Å²) in [6, 6.07) is 5.03. The topological polar surface area (TPSA) is 143 Å². The molecule has 0 saturated heterocycles. The summed E-state index contributed by atoms with van der Waals surface area (Å²) in [5.41, 5.74) is -0.0717. The van der Waals surface area contributed by atoms with Gasteiger partial charge in [-0.3, -0.25) is 4.79 Å². The Kier molecular flexibility index (Phi) is 19.9. The van der Waals surface area contributed by atoms with Crippen LogP contribution in [0.15, 0.2) is 24.3 Å². The molecular formula is C33H54ClN3O7. The van der Waals surface area contributed by atoms with Gasteiger partial charge in [-0.25, -0.2) is 14.4 Å². The first-order valence-electron chi connectivity index (χ1n) is 16.1. The molecule has 0 aliphatic rings. The number of aliphatic carboxylic acids is 1. The number of halogens is 1. The zero-order valence-electron chi connectivity index (χ0n) is 27.1. The fourth-order valence-electron chi connectivity index (χ4n) is 4.56. The van der Waals surface area contributed by atoms with Crippen LogP contribution >= 0.6 is 11.6 Å². The molecule has 0 saturated carbocycles. The number of benzene rings is 1. The summed E-state index contributed by atoms with van der Waals surface area (Å²) >= 11 is 6.08. The Morgan fingerprint density at radius 1 is 0.795 bits per heavy atom. The van der Waals surface area contributed by atoms with Crippen LogP contribution in [0.5, 0.6) is 0 Å². The Bertz CT molecular complexity index is 1000. The number of unbranched alkanes of at least 4 members (excludes halogenated alkanes) is 10. The van der Waals surface area contributed by atoms with Crippen LogP contribution in [0.3, 0.4) is 0 Å². The minimum atomic E-state index is -1.11. The zero-order valence-corrected chi connectivity index (χ0v) is 27.8. The predicted octanol–water partition coefficient (Wildman–Crippen LogP) is 7.51. The summed E-state index contributed by atoms with van der Waals surface area (Å²) in [6.07, 6.45) is 11.4. The number of carboxylic acid groups (broad SMARTS) is 1. The molecule has 250 valence electrons. The smallest absolute Gasteiger partial charge is 0.408 e. The molecule has 2 atom stereocenters. The third kappa shape index (κ3) is 19.3. The maximum absolute atomic E-state index is 13.1. The van der Waals surface area contributed by atoms with Crippen molar-refractivity contribution in [2.45, 2.75) is 142 Å². The van der Waals surface area contributed by atoms with E-state index >= 15 is 0 Å². The van der Waals surface area contributed by atoms with E-state index in [1.165, 1.54) is 38.5 Å². The number of amides is 3. The van der Waals surface area contributed by atoms with Gasteiger partial charge in [0.25, 0.3) is 0 Å². The molecule has 0 bridgehead atoms. The monoisotopic (exact) mass is 639 g/mol. The number of rotatable bonds is 22. The van der Waals surface area contributed by atoms with E-state index in [4.69, 9.17) is 21.1 Å². The summed E-state index contributed by atoms with van der Waals surface area (Å²) in [6.45, 7) is 7.68. The lowest BCUT2D eigenvalue weighted by atomic mass is 10.0. The summed E-state index contributed by atoms with van der Waals surface area (Å²) in [7, 11) is 0. The maximum Gasteiger partial charge on any atom is 0.408 e. The highest BCUT2D eigenvalue weighted by Crippen LogP contribution is 2.16. The molecule has 1 rings (SSSR count). The quantitative estimate of drug-likeness (QED) is 0.0961. The molecule has 4 N–H and O–H groups in total. The van der Waals surface area contributed by atoms with Crippen LogP contribution in [0.1, 0.15) is 123 Å². The molecule has 0 fully saturated rings. The van der Waals surface area contributed by atoms with Crippen molar-refractivity contribution in [1.82, 2.24) is 16.0 Å². The molecule has 0 spiro atoms. The molecule has 0 aliphatic heterocycles.